The molecule has 11 nitrogen and oxygen atoms in total. The molecule has 2 aliphatic rings. The predicted molar refractivity (Wildman–Crippen MR) is 98.3 cm³/mol. The fourth-order valence-corrected chi connectivity index (χ4v) is 3.97. The Morgan fingerprint density at radius 1 is 1.17 bits per heavy atom. The smallest absolute Gasteiger partial charge is 0.330 e. The largest absolute Gasteiger partial charge is 0.396 e. The fourth-order valence-electron chi connectivity index (χ4n) is 3.97. The number of fused-ring (bicyclic) bond motifs is 1. The number of H-pyrrole nitrogens is 1. The minimum Gasteiger partial charge on any atom is -0.396 e. The lowest BCUT2D eigenvalue weighted by Crippen LogP contribution is -2.42. The summed E-state index contributed by atoms with van der Waals surface area (Å²) >= 11 is 0. The van der Waals surface area contributed by atoms with E-state index in [1.165, 1.54) is 18.8 Å². The molecule has 2 saturated heterocycles. The normalized spacial score (nSPS) is 28.2. The van der Waals surface area contributed by atoms with Crippen LogP contribution in [0.4, 0.5) is 0 Å². The van der Waals surface area contributed by atoms with Crippen LogP contribution in [0.1, 0.15) is 44.0 Å². The minimum atomic E-state index is -1.03. The second-order valence-corrected chi connectivity index (χ2v) is 7.43. The average Bonchev–Trinajstić information content (AvgIpc) is 3.15. The van der Waals surface area contributed by atoms with Crippen molar-refractivity contribution in [1.29, 1.82) is 0 Å². The van der Waals surface area contributed by atoms with E-state index in [0.29, 0.717) is 12.1 Å². The van der Waals surface area contributed by atoms with Crippen LogP contribution in [0.2, 0.25) is 0 Å². The monoisotopic (exact) mass is 416 g/mol. The number of hydrogen-bond donors (Lipinski definition) is 3. The summed E-state index contributed by atoms with van der Waals surface area (Å²) in [5.41, 5.74) is -0.940. The lowest BCUT2D eigenvalue weighted by molar-refractivity contribution is -0.201. The van der Waals surface area contributed by atoms with Crippen LogP contribution in [0.25, 0.3) is 0 Å². The molecule has 0 radical (unpaired) electrons. The van der Waals surface area contributed by atoms with E-state index in [2.05, 4.69) is 4.98 Å². The van der Waals surface area contributed by atoms with E-state index in [1.54, 1.807) is 13.8 Å². The topological polar surface area (TPSA) is 141 Å². The zero-order chi connectivity index (χ0) is 21.3. The maximum atomic E-state index is 12.8. The Bertz CT molecular complexity index is 830. The standard InChI is InChI=1S/C18H28N2O9/c1-18(2)28-12-10(8-22)27-15(13(12)29-18)20-9(6-5-7-21)11(16(25-3)26-4)14(23)19-17(20)24/h10,12-13,15-16,21-22H,5-8H2,1-4H3,(H,19,23,24)/t10-,12-,13-,15-/m1/s1. The van der Waals surface area contributed by atoms with E-state index < -0.39 is 47.9 Å². The zero-order valence-electron chi connectivity index (χ0n) is 16.9. The summed E-state index contributed by atoms with van der Waals surface area (Å²) in [6.45, 7) is 2.99. The quantitative estimate of drug-likeness (QED) is 0.463. The molecule has 1 aromatic heterocycles. The van der Waals surface area contributed by atoms with E-state index >= 15 is 0 Å². The fraction of sp³-hybridized carbons (Fsp3) is 0.778. The summed E-state index contributed by atoms with van der Waals surface area (Å²) in [6.07, 6.45) is -3.47. The molecular weight excluding hydrogens is 388 g/mol. The molecule has 0 spiro atoms. The highest BCUT2D eigenvalue weighted by Crippen LogP contribution is 2.43. The molecule has 11 heteroatoms. The van der Waals surface area contributed by atoms with Gasteiger partial charge in [-0.15, -0.1) is 0 Å². The van der Waals surface area contributed by atoms with Gasteiger partial charge in [0.1, 0.15) is 18.3 Å². The third-order valence-electron chi connectivity index (χ3n) is 5.08. The number of methoxy groups -OCH3 is 2. The molecule has 0 amide bonds. The Balaban J connectivity index is 2.16. The van der Waals surface area contributed by atoms with Crippen molar-refractivity contribution in [3.63, 3.8) is 0 Å². The predicted octanol–water partition coefficient (Wildman–Crippen LogP) is -0.837. The van der Waals surface area contributed by atoms with E-state index in [9.17, 15) is 19.8 Å². The van der Waals surface area contributed by atoms with Crippen molar-refractivity contribution in [3.05, 3.63) is 32.1 Å². The van der Waals surface area contributed by atoms with Gasteiger partial charge in [0.15, 0.2) is 18.3 Å². The van der Waals surface area contributed by atoms with Gasteiger partial charge in [0, 0.05) is 26.5 Å². The number of hydrogen-bond acceptors (Lipinski definition) is 9. The van der Waals surface area contributed by atoms with Crippen LogP contribution in [0.15, 0.2) is 9.59 Å². The summed E-state index contributed by atoms with van der Waals surface area (Å²) in [7, 11) is 2.75. The van der Waals surface area contributed by atoms with Gasteiger partial charge in [-0.1, -0.05) is 0 Å². The number of aromatic amines is 1. The van der Waals surface area contributed by atoms with Crippen LogP contribution >= 0.6 is 0 Å². The van der Waals surface area contributed by atoms with Crippen molar-refractivity contribution >= 4 is 0 Å². The van der Waals surface area contributed by atoms with Crippen LogP contribution in [0.3, 0.4) is 0 Å². The number of ether oxygens (including phenoxy) is 5. The molecule has 0 saturated carbocycles. The SMILES string of the molecule is COC(OC)c1c(CCCO)n([C@@H]2O[C@H](CO)[C@H]3OC(C)(C)O[C@H]32)c(=O)[nH]c1=O. The van der Waals surface area contributed by atoms with Crippen molar-refractivity contribution in [1.82, 2.24) is 9.55 Å². The first-order valence-electron chi connectivity index (χ1n) is 9.44. The highest BCUT2D eigenvalue weighted by Gasteiger charge is 2.56. The molecule has 3 N–H and O–H groups in total. The number of nitrogens with zero attached hydrogens (tertiary/aromatic N) is 1. The first-order chi connectivity index (χ1) is 13.8. The summed E-state index contributed by atoms with van der Waals surface area (Å²) in [6, 6.07) is 0. The number of aliphatic hydroxyl groups excluding tert-OH is 2. The molecule has 3 rings (SSSR count). The zero-order valence-corrected chi connectivity index (χ0v) is 16.9. The highest BCUT2D eigenvalue weighted by molar-refractivity contribution is 5.21. The van der Waals surface area contributed by atoms with Crippen molar-refractivity contribution < 1.29 is 33.9 Å². The molecule has 3 heterocycles. The molecule has 29 heavy (non-hydrogen) atoms. The second-order valence-electron chi connectivity index (χ2n) is 7.43. The van der Waals surface area contributed by atoms with Crippen LogP contribution in [0.5, 0.6) is 0 Å². The Hall–Kier alpha value is -1.60. The van der Waals surface area contributed by atoms with Gasteiger partial charge >= 0.3 is 5.69 Å². The summed E-state index contributed by atoms with van der Waals surface area (Å²) in [5.74, 6) is -0.924. The molecular formula is C18H28N2O9. The third-order valence-corrected chi connectivity index (χ3v) is 5.08. The van der Waals surface area contributed by atoms with Crippen molar-refractivity contribution in [2.75, 3.05) is 27.4 Å². The molecule has 1 aromatic rings. The van der Waals surface area contributed by atoms with Crippen LogP contribution in [-0.2, 0) is 30.1 Å². The van der Waals surface area contributed by atoms with Gasteiger partial charge in [-0.2, -0.15) is 0 Å². The lowest BCUT2D eigenvalue weighted by Gasteiger charge is -2.27. The van der Waals surface area contributed by atoms with E-state index in [-0.39, 0.29) is 25.2 Å². The van der Waals surface area contributed by atoms with Gasteiger partial charge in [-0.3, -0.25) is 14.3 Å². The molecule has 4 atom stereocenters. The number of aliphatic hydroxyl groups is 2. The summed E-state index contributed by atoms with van der Waals surface area (Å²) in [4.78, 5) is 27.7. The molecule has 0 aromatic carbocycles. The van der Waals surface area contributed by atoms with Gasteiger partial charge < -0.3 is 33.9 Å². The van der Waals surface area contributed by atoms with Gasteiger partial charge in [0.25, 0.3) is 5.56 Å². The van der Waals surface area contributed by atoms with Crippen molar-refractivity contribution in [2.45, 2.75) is 63.3 Å². The number of aromatic nitrogens is 2. The third kappa shape index (κ3) is 4.04. The maximum Gasteiger partial charge on any atom is 0.330 e. The Morgan fingerprint density at radius 2 is 1.83 bits per heavy atom. The highest BCUT2D eigenvalue weighted by atomic mass is 16.8. The van der Waals surface area contributed by atoms with Crippen LogP contribution in [-0.4, -0.2) is 71.3 Å². The van der Waals surface area contributed by atoms with E-state index in [1.807, 2.05) is 0 Å². The Morgan fingerprint density at radius 3 is 2.41 bits per heavy atom. The molecule has 2 aliphatic heterocycles. The van der Waals surface area contributed by atoms with E-state index in [4.69, 9.17) is 23.7 Å². The number of rotatable bonds is 8. The summed E-state index contributed by atoms with van der Waals surface area (Å²) in [5, 5.41) is 19.0. The van der Waals surface area contributed by atoms with Gasteiger partial charge in [-0.25, -0.2) is 4.79 Å². The van der Waals surface area contributed by atoms with Gasteiger partial charge in [-0.05, 0) is 26.7 Å². The van der Waals surface area contributed by atoms with E-state index in [0.717, 1.165) is 0 Å². The molecule has 0 bridgehead atoms. The lowest BCUT2D eigenvalue weighted by atomic mass is 10.1. The summed E-state index contributed by atoms with van der Waals surface area (Å²) < 4.78 is 29.5. The average molecular weight is 416 g/mol. The molecule has 2 fully saturated rings. The molecule has 0 unspecified atom stereocenters. The van der Waals surface area contributed by atoms with Crippen molar-refractivity contribution in [2.24, 2.45) is 0 Å². The second kappa shape index (κ2) is 8.64. The molecule has 0 aliphatic carbocycles. The Kier molecular flexibility index (Phi) is 6.58. The Labute approximate surface area is 167 Å². The molecule has 164 valence electrons. The number of nitrogens with one attached hydrogen (secondary N) is 1. The maximum absolute atomic E-state index is 12.8. The first-order valence-corrected chi connectivity index (χ1v) is 9.44. The first kappa shape index (κ1) is 22.1. The van der Waals surface area contributed by atoms with Crippen LogP contribution in [0, 0.1) is 0 Å². The van der Waals surface area contributed by atoms with Crippen LogP contribution < -0.4 is 11.2 Å². The van der Waals surface area contributed by atoms with Gasteiger partial charge in [0.2, 0.25) is 0 Å². The van der Waals surface area contributed by atoms with Crippen molar-refractivity contribution in [3.8, 4) is 0 Å². The minimum absolute atomic E-state index is 0.105. The van der Waals surface area contributed by atoms with Gasteiger partial charge in [0.05, 0.1) is 12.2 Å².